The Hall–Kier alpha value is -3.74. The van der Waals surface area contributed by atoms with Crippen LogP contribution in [0, 0.1) is 6.92 Å². The summed E-state index contributed by atoms with van der Waals surface area (Å²) in [7, 11) is 0. The summed E-state index contributed by atoms with van der Waals surface area (Å²) in [6.07, 6.45) is 3.62. The van der Waals surface area contributed by atoms with E-state index in [4.69, 9.17) is 0 Å². The third kappa shape index (κ3) is 4.88. The minimum absolute atomic E-state index is 0.0876. The highest BCUT2D eigenvalue weighted by Gasteiger charge is 2.17. The zero-order valence-corrected chi connectivity index (χ0v) is 17.4. The average Bonchev–Trinajstić information content (AvgIpc) is 3.26. The first-order chi connectivity index (χ1) is 15.1. The highest BCUT2D eigenvalue weighted by Crippen LogP contribution is 2.19. The van der Waals surface area contributed by atoms with Crippen molar-refractivity contribution in [1.82, 2.24) is 24.9 Å². The Morgan fingerprint density at radius 3 is 2.52 bits per heavy atom. The van der Waals surface area contributed by atoms with Crippen molar-refractivity contribution in [3.63, 3.8) is 0 Å². The van der Waals surface area contributed by atoms with Crippen molar-refractivity contribution in [2.45, 2.75) is 38.6 Å². The minimum atomic E-state index is -0.212. The normalized spacial score (nSPS) is 12.0. The fourth-order valence-electron chi connectivity index (χ4n) is 3.75. The molecule has 0 aliphatic heterocycles. The maximum Gasteiger partial charge on any atom is 0.277 e. The van der Waals surface area contributed by atoms with Crippen molar-refractivity contribution in [3.8, 4) is 0 Å². The van der Waals surface area contributed by atoms with Crippen LogP contribution in [0.3, 0.4) is 0 Å². The lowest BCUT2D eigenvalue weighted by atomic mass is 9.98. The Labute approximate surface area is 180 Å². The van der Waals surface area contributed by atoms with Gasteiger partial charge in [0, 0.05) is 12.0 Å². The van der Waals surface area contributed by atoms with E-state index in [2.05, 4.69) is 32.5 Å². The van der Waals surface area contributed by atoms with Gasteiger partial charge in [0.1, 0.15) is 6.33 Å². The Bertz CT molecular complexity index is 1220. The number of aryl methyl sites for hydroxylation is 2. The third-order valence-corrected chi connectivity index (χ3v) is 5.44. The molecule has 0 aliphatic carbocycles. The summed E-state index contributed by atoms with van der Waals surface area (Å²) in [4.78, 5) is 33.8. The maximum absolute atomic E-state index is 12.8. The van der Waals surface area contributed by atoms with Crippen LogP contribution in [0.2, 0.25) is 0 Å². The number of hydrogen-bond donors (Lipinski definition) is 2. The van der Waals surface area contributed by atoms with E-state index >= 15 is 0 Å². The Balaban J connectivity index is 1.44. The van der Waals surface area contributed by atoms with E-state index in [0.29, 0.717) is 23.5 Å². The number of benzene rings is 2. The second-order valence-electron chi connectivity index (χ2n) is 7.56. The van der Waals surface area contributed by atoms with Crippen LogP contribution in [-0.2, 0) is 17.6 Å². The van der Waals surface area contributed by atoms with Crippen LogP contribution < -0.4 is 10.9 Å². The van der Waals surface area contributed by atoms with Gasteiger partial charge in [0.05, 0.1) is 11.7 Å². The highest BCUT2D eigenvalue weighted by molar-refractivity contribution is 5.76. The monoisotopic (exact) mass is 415 g/mol. The molecule has 0 fully saturated rings. The smallest absolute Gasteiger partial charge is 0.277 e. The van der Waals surface area contributed by atoms with Crippen molar-refractivity contribution < 1.29 is 4.79 Å². The molecule has 0 spiro atoms. The fourth-order valence-corrected chi connectivity index (χ4v) is 3.75. The van der Waals surface area contributed by atoms with Gasteiger partial charge in [0.2, 0.25) is 5.91 Å². The van der Waals surface area contributed by atoms with E-state index in [1.54, 1.807) is 6.92 Å². The van der Waals surface area contributed by atoms with Gasteiger partial charge < -0.3 is 5.32 Å². The van der Waals surface area contributed by atoms with Gasteiger partial charge in [-0.2, -0.15) is 4.52 Å². The van der Waals surface area contributed by atoms with Gasteiger partial charge >= 0.3 is 0 Å². The first kappa shape index (κ1) is 20.5. The van der Waals surface area contributed by atoms with Crippen LogP contribution in [-0.4, -0.2) is 25.5 Å². The quantitative estimate of drug-likeness (QED) is 0.462. The third-order valence-electron chi connectivity index (χ3n) is 5.44. The van der Waals surface area contributed by atoms with Gasteiger partial charge in [-0.3, -0.25) is 14.7 Å². The number of aromatic nitrogens is 4. The second kappa shape index (κ2) is 9.38. The minimum Gasteiger partial charge on any atom is -0.349 e. The van der Waals surface area contributed by atoms with Gasteiger partial charge in [-0.1, -0.05) is 60.7 Å². The van der Waals surface area contributed by atoms with E-state index in [9.17, 15) is 9.59 Å². The Morgan fingerprint density at radius 2 is 1.77 bits per heavy atom. The molecule has 2 heterocycles. The van der Waals surface area contributed by atoms with E-state index in [1.165, 1.54) is 16.4 Å². The lowest BCUT2D eigenvalue weighted by Gasteiger charge is -2.19. The predicted molar refractivity (Wildman–Crippen MR) is 119 cm³/mol. The molecule has 0 bridgehead atoms. The maximum atomic E-state index is 12.8. The number of H-pyrrole nitrogens is 1. The summed E-state index contributed by atoms with van der Waals surface area (Å²) in [5, 5.41) is 5.92. The Morgan fingerprint density at radius 1 is 1.06 bits per heavy atom. The molecule has 2 aromatic heterocycles. The molecule has 158 valence electrons. The summed E-state index contributed by atoms with van der Waals surface area (Å²) in [5.41, 5.74) is 3.23. The summed E-state index contributed by atoms with van der Waals surface area (Å²) >= 11 is 0. The molecule has 2 N–H and O–H groups in total. The van der Waals surface area contributed by atoms with Crippen LogP contribution in [0.5, 0.6) is 0 Å². The summed E-state index contributed by atoms with van der Waals surface area (Å²) < 4.78 is 1.30. The molecule has 0 saturated heterocycles. The largest absolute Gasteiger partial charge is 0.349 e. The zero-order chi connectivity index (χ0) is 21.6. The SMILES string of the molecule is Cc1nc2nc[nH]n2c(=O)c1CCC(=O)NC(CCc1ccccc1)c1ccccc1. The van der Waals surface area contributed by atoms with E-state index < -0.39 is 0 Å². The summed E-state index contributed by atoms with van der Waals surface area (Å²) in [6.45, 7) is 1.77. The molecule has 1 amide bonds. The lowest BCUT2D eigenvalue weighted by Crippen LogP contribution is -2.30. The zero-order valence-electron chi connectivity index (χ0n) is 17.4. The van der Waals surface area contributed by atoms with E-state index in [-0.39, 0.29) is 23.9 Å². The van der Waals surface area contributed by atoms with Crippen molar-refractivity contribution in [2.75, 3.05) is 0 Å². The fraction of sp³-hybridized carbons (Fsp3) is 0.250. The van der Waals surface area contributed by atoms with Gasteiger partial charge in [0.15, 0.2) is 0 Å². The van der Waals surface area contributed by atoms with Crippen molar-refractivity contribution in [2.24, 2.45) is 0 Å². The van der Waals surface area contributed by atoms with Crippen LogP contribution >= 0.6 is 0 Å². The number of hydrogen-bond acceptors (Lipinski definition) is 4. The standard InChI is InChI=1S/C24H25N5O2/c1-17-20(23(31)29-24(27-17)25-16-26-29)13-15-22(30)28-21(19-10-6-3-7-11-19)14-12-18-8-4-2-5-9-18/h2-11,16,21H,12-15H2,1H3,(H,28,30)(H,25,26,27). The van der Waals surface area contributed by atoms with Gasteiger partial charge in [-0.05, 0) is 37.3 Å². The molecular formula is C24H25N5O2. The first-order valence-corrected chi connectivity index (χ1v) is 10.4. The van der Waals surface area contributed by atoms with Gasteiger partial charge in [-0.15, -0.1) is 0 Å². The summed E-state index contributed by atoms with van der Waals surface area (Å²) in [6, 6.07) is 20.1. The Kier molecular flexibility index (Phi) is 6.21. The molecule has 1 atom stereocenters. The molecule has 0 aliphatic rings. The molecule has 1 unspecified atom stereocenters. The molecule has 0 saturated carbocycles. The molecular weight excluding hydrogens is 390 g/mol. The lowest BCUT2D eigenvalue weighted by molar-refractivity contribution is -0.121. The van der Waals surface area contributed by atoms with Crippen molar-refractivity contribution >= 4 is 11.7 Å². The van der Waals surface area contributed by atoms with Crippen LogP contribution in [0.15, 0.2) is 71.8 Å². The van der Waals surface area contributed by atoms with Gasteiger partial charge in [0.25, 0.3) is 11.3 Å². The molecule has 0 radical (unpaired) electrons. The topological polar surface area (TPSA) is 92.2 Å². The summed E-state index contributed by atoms with van der Waals surface area (Å²) in [5.74, 6) is 0.246. The molecule has 7 heteroatoms. The van der Waals surface area contributed by atoms with E-state index in [0.717, 1.165) is 18.4 Å². The number of nitrogens with one attached hydrogen (secondary N) is 2. The van der Waals surface area contributed by atoms with Crippen molar-refractivity contribution in [3.05, 3.63) is 99.7 Å². The molecule has 2 aromatic carbocycles. The predicted octanol–water partition coefficient (Wildman–Crippen LogP) is 3.15. The number of rotatable bonds is 8. The van der Waals surface area contributed by atoms with Crippen LogP contribution in [0.25, 0.3) is 5.78 Å². The van der Waals surface area contributed by atoms with Crippen LogP contribution in [0.4, 0.5) is 0 Å². The molecule has 31 heavy (non-hydrogen) atoms. The molecule has 4 aromatic rings. The number of nitrogens with zero attached hydrogens (tertiary/aromatic N) is 3. The second-order valence-corrected chi connectivity index (χ2v) is 7.56. The van der Waals surface area contributed by atoms with E-state index in [1.807, 2.05) is 48.5 Å². The first-order valence-electron chi connectivity index (χ1n) is 10.4. The van der Waals surface area contributed by atoms with Crippen LogP contribution in [0.1, 0.15) is 41.3 Å². The molecule has 7 nitrogen and oxygen atoms in total. The number of carbonyl (C=O) groups is 1. The number of aromatic amines is 1. The highest BCUT2D eigenvalue weighted by atomic mass is 16.1. The number of fused-ring (bicyclic) bond motifs is 1. The number of amides is 1. The van der Waals surface area contributed by atoms with Gasteiger partial charge in [-0.25, -0.2) is 9.97 Å². The average molecular weight is 415 g/mol. The molecule has 4 rings (SSSR count). The van der Waals surface area contributed by atoms with Crippen molar-refractivity contribution in [1.29, 1.82) is 0 Å². The number of carbonyl (C=O) groups excluding carboxylic acids is 1.